The van der Waals surface area contributed by atoms with E-state index in [2.05, 4.69) is 4.72 Å². The molecule has 24 heavy (non-hydrogen) atoms. The Labute approximate surface area is 142 Å². The fraction of sp³-hybridized carbons (Fsp3) is 0.562. The molecule has 1 amide bonds. The van der Waals surface area contributed by atoms with Crippen LogP contribution in [0.2, 0.25) is 0 Å². The molecule has 7 nitrogen and oxygen atoms in total. The summed E-state index contributed by atoms with van der Waals surface area (Å²) in [7, 11) is -2.29. The van der Waals surface area contributed by atoms with Gasteiger partial charge in [0.2, 0.25) is 10.0 Å². The molecule has 2 aliphatic rings. The van der Waals surface area contributed by atoms with Crippen molar-refractivity contribution in [1.82, 2.24) is 9.62 Å². The monoisotopic (exact) mass is 353 g/mol. The number of rotatable bonds is 5. The van der Waals surface area contributed by atoms with E-state index in [0.29, 0.717) is 18.7 Å². The van der Waals surface area contributed by atoms with Crippen molar-refractivity contribution in [3.8, 4) is 5.75 Å². The zero-order chi connectivity index (χ0) is 17.3. The first-order valence-corrected chi connectivity index (χ1v) is 9.64. The van der Waals surface area contributed by atoms with Crippen molar-refractivity contribution >= 4 is 15.9 Å². The number of likely N-dealkylation sites (tertiary alicyclic amines) is 1. The van der Waals surface area contributed by atoms with E-state index in [1.165, 1.54) is 19.2 Å². The van der Waals surface area contributed by atoms with E-state index in [9.17, 15) is 13.2 Å². The molecule has 1 saturated carbocycles. The van der Waals surface area contributed by atoms with Gasteiger partial charge in [-0.2, -0.15) is 0 Å². The highest BCUT2D eigenvalue weighted by atomic mass is 32.2. The molecule has 1 unspecified atom stereocenters. The molecule has 8 heteroatoms. The van der Waals surface area contributed by atoms with Gasteiger partial charge in [0.1, 0.15) is 10.6 Å². The van der Waals surface area contributed by atoms with E-state index < -0.39 is 10.0 Å². The van der Waals surface area contributed by atoms with Crippen LogP contribution in [0.4, 0.5) is 0 Å². The predicted molar refractivity (Wildman–Crippen MR) is 89.5 cm³/mol. The number of benzene rings is 1. The maximum absolute atomic E-state index is 12.7. The molecule has 0 aromatic heterocycles. The lowest BCUT2D eigenvalue weighted by molar-refractivity contribution is 0.0708. The number of nitrogens with two attached hydrogens (primary N) is 1. The topological polar surface area (TPSA) is 102 Å². The molecule has 132 valence electrons. The van der Waals surface area contributed by atoms with Crippen LogP contribution < -0.4 is 15.2 Å². The van der Waals surface area contributed by atoms with Crippen molar-refractivity contribution in [2.24, 2.45) is 5.73 Å². The van der Waals surface area contributed by atoms with Crippen LogP contribution >= 0.6 is 0 Å². The number of ether oxygens (including phenoxy) is 1. The van der Waals surface area contributed by atoms with E-state index in [1.54, 1.807) is 11.0 Å². The van der Waals surface area contributed by atoms with E-state index >= 15 is 0 Å². The molecule has 1 heterocycles. The summed E-state index contributed by atoms with van der Waals surface area (Å²) >= 11 is 0. The smallest absolute Gasteiger partial charge is 0.253 e. The van der Waals surface area contributed by atoms with Gasteiger partial charge in [0.15, 0.2) is 0 Å². The van der Waals surface area contributed by atoms with E-state index in [4.69, 9.17) is 10.5 Å². The van der Waals surface area contributed by atoms with Gasteiger partial charge in [-0.3, -0.25) is 4.79 Å². The van der Waals surface area contributed by atoms with E-state index in [-0.39, 0.29) is 28.6 Å². The van der Waals surface area contributed by atoms with Crippen LogP contribution in [0.15, 0.2) is 23.1 Å². The molecule has 1 aromatic rings. The zero-order valence-corrected chi connectivity index (χ0v) is 14.5. The third-order valence-electron chi connectivity index (χ3n) is 4.34. The maximum Gasteiger partial charge on any atom is 0.253 e. The van der Waals surface area contributed by atoms with Crippen molar-refractivity contribution in [3.05, 3.63) is 23.8 Å². The number of sulfonamides is 1. The molecule has 1 atom stereocenters. The Morgan fingerprint density at radius 2 is 2.08 bits per heavy atom. The summed E-state index contributed by atoms with van der Waals surface area (Å²) in [6.07, 6.45) is 3.44. The number of methoxy groups -OCH3 is 1. The standard InChI is InChI=1S/C16H23N3O4S/c1-23-14-7-4-11(16(20)19-8-2-3-12(17)10-19)9-15(14)24(21,22)18-13-5-6-13/h4,7,9,12-13,18H,2-3,5-6,8,10,17H2,1H3. The minimum atomic E-state index is -3.71. The number of nitrogens with one attached hydrogen (secondary N) is 1. The molecular formula is C16H23N3O4S. The van der Waals surface area contributed by atoms with Gasteiger partial charge in [-0.05, 0) is 43.9 Å². The third-order valence-corrected chi connectivity index (χ3v) is 5.89. The predicted octanol–water partition coefficient (Wildman–Crippen LogP) is 0.699. The Hall–Kier alpha value is -1.64. The number of hydrogen-bond donors (Lipinski definition) is 2. The average molecular weight is 353 g/mol. The van der Waals surface area contributed by atoms with Crippen molar-refractivity contribution in [3.63, 3.8) is 0 Å². The van der Waals surface area contributed by atoms with Gasteiger partial charge in [0.05, 0.1) is 7.11 Å². The van der Waals surface area contributed by atoms with Crippen LogP contribution in [0.25, 0.3) is 0 Å². The number of amides is 1. The summed E-state index contributed by atoms with van der Waals surface area (Å²) in [5, 5.41) is 0. The van der Waals surface area contributed by atoms with Crippen molar-refractivity contribution in [1.29, 1.82) is 0 Å². The average Bonchev–Trinajstić information content (AvgIpc) is 3.37. The molecule has 2 fully saturated rings. The highest BCUT2D eigenvalue weighted by Gasteiger charge is 2.31. The summed E-state index contributed by atoms with van der Waals surface area (Å²) in [5.74, 6) is 0.0331. The molecule has 3 N–H and O–H groups in total. The van der Waals surface area contributed by atoms with Crippen molar-refractivity contribution < 1.29 is 17.9 Å². The Morgan fingerprint density at radius 1 is 1.33 bits per heavy atom. The minimum absolute atomic E-state index is 0.00376. The van der Waals surface area contributed by atoms with Crippen LogP contribution in [-0.4, -0.2) is 51.5 Å². The second-order valence-electron chi connectivity index (χ2n) is 6.41. The van der Waals surface area contributed by atoms with Crippen LogP contribution in [0.5, 0.6) is 5.75 Å². The molecule has 0 bridgehead atoms. The first kappa shape index (κ1) is 17.2. The second-order valence-corrected chi connectivity index (χ2v) is 8.10. The highest BCUT2D eigenvalue weighted by Crippen LogP contribution is 2.29. The number of nitrogens with zero attached hydrogens (tertiary/aromatic N) is 1. The largest absolute Gasteiger partial charge is 0.495 e. The molecule has 1 aliphatic heterocycles. The summed E-state index contributed by atoms with van der Waals surface area (Å²) in [6, 6.07) is 4.47. The van der Waals surface area contributed by atoms with Gasteiger partial charge in [-0.25, -0.2) is 13.1 Å². The highest BCUT2D eigenvalue weighted by molar-refractivity contribution is 7.89. The number of carbonyl (C=O) groups is 1. The summed E-state index contributed by atoms with van der Waals surface area (Å²) in [5.41, 5.74) is 6.26. The molecular weight excluding hydrogens is 330 g/mol. The summed E-state index contributed by atoms with van der Waals surface area (Å²) in [6.45, 7) is 1.13. The van der Waals surface area contributed by atoms with Crippen LogP contribution in [-0.2, 0) is 10.0 Å². The second kappa shape index (κ2) is 6.70. The number of carbonyl (C=O) groups excluding carboxylic acids is 1. The first-order valence-electron chi connectivity index (χ1n) is 8.16. The lowest BCUT2D eigenvalue weighted by atomic mass is 10.1. The Morgan fingerprint density at radius 3 is 2.71 bits per heavy atom. The zero-order valence-electron chi connectivity index (χ0n) is 13.7. The minimum Gasteiger partial charge on any atom is -0.495 e. The van der Waals surface area contributed by atoms with E-state index in [0.717, 1.165) is 25.7 Å². The lowest BCUT2D eigenvalue weighted by Gasteiger charge is -2.31. The molecule has 1 aliphatic carbocycles. The fourth-order valence-corrected chi connectivity index (χ4v) is 4.38. The molecule has 0 spiro atoms. The molecule has 3 rings (SSSR count). The number of piperidine rings is 1. The van der Waals surface area contributed by atoms with Gasteiger partial charge in [-0.1, -0.05) is 0 Å². The third kappa shape index (κ3) is 3.71. The molecule has 0 radical (unpaired) electrons. The fourth-order valence-electron chi connectivity index (χ4n) is 2.88. The lowest BCUT2D eigenvalue weighted by Crippen LogP contribution is -2.45. The Bertz CT molecular complexity index is 731. The normalized spacial score (nSPS) is 21.6. The molecule has 1 aromatic carbocycles. The molecule has 1 saturated heterocycles. The summed E-state index contributed by atoms with van der Waals surface area (Å²) < 4.78 is 32.8. The summed E-state index contributed by atoms with van der Waals surface area (Å²) in [4.78, 5) is 14.4. The SMILES string of the molecule is COc1ccc(C(=O)N2CCCC(N)C2)cc1S(=O)(=O)NC1CC1. The Kier molecular flexibility index (Phi) is 4.80. The van der Waals surface area contributed by atoms with Crippen LogP contribution in [0, 0.1) is 0 Å². The van der Waals surface area contributed by atoms with E-state index in [1.807, 2.05) is 0 Å². The van der Waals surface area contributed by atoms with Gasteiger partial charge >= 0.3 is 0 Å². The van der Waals surface area contributed by atoms with Crippen molar-refractivity contribution in [2.75, 3.05) is 20.2 Å². The van der Waals surface area contributed by atoms with Crippen LogP contribution in [0.1, 0.15) is 36.0 Å². The van der Waals surface area contributed by atoms with Gasteiger partial charge in [-0.15, -0.1) is 0 Å². The maximum atomic E-state index is 12.7. The Balaban J connectivity index is 1.89. The first-order chi connectivity index (χ1) is 11.4. The van der Waals surface area contributed by atoms with Crippen LogP contribution in [0.3, 0.4) is 0 Å². The van der Waals surface area contributed by atoms with Gasteiger partial charge < -0.3 is 15.4 Å². The number of hydrogen-bond acceptors (Lipinski definition) is 5. The van der Waals surface area contributed by atoms with Gasteiger partial charge in [0.25, 0.3) is 5.91 Å². The quantitative estimate of drug-likeness (QED) is 0.811. The van der Waals surface area contributed by atoms with Crippen molar-refractivity contribution in [2.45, 2.75) is 42.7 Å². The van der Waals surface area contributed by atoms with Gasteiger partial charge in [0, 0.05) is 30.7 Å².